The van der Waals surface area contributed by atoms with Gasteiger partial charge in [0, 0.05) is 0 Å². The predicted octanol–water partition coefficient (Wildman–Crippen LogP) is 2.64. The molecule has 90 valence electrons. The molecule has 0 aliphatic heterocycles. The van der Waals surface area contributed by atoms with Crippen molar-refractivity contribution in [2.45, 2.75) is 52.9 Å². The van der Waals surface area contributed by atoms with Gasteiger partial charge in [-0.2, -0.15) is 0 Å². The summed E-state index contributed by atoms with van der Waals surface area (Å²) in [5, 5.41) is 9.04. The largest absolute Gasteiger partial charge is 0.481 e. The molecule has 0 bridgehead atoms. The van der Waals surface area contributed by atoms with E-state index in [-0.39, 0.29) is 11.3 Å². The number of carboxylic acids is 1. The average molecular weight is 215 g/mol. The van der Waals surface area contributed by atoms with Crippen molar-refractivity contribution in [3.63, 3.8) is 0 Å². The molecule has 3 heteroatoms. The minimum absolute atomic E-state index is 0.184. The Morgan fingerprint density at radius 1 is 1.27 bits per heavy atom. The first-order valence-electron chi connectivity index (χ1n) is 5.79. The molecule has 15 heavy (non-hydrogen) atoms. The first-order valence-corrected chi connectivity index (χ1v) is 5.79. The summed E-state index contributed by atoms with van der Waals surface area (Å²) < 4.78 is 0. The maximum atomic E-state index is 11.0. The molecule has 0 fully saturated rings. The molecular formula is C12H25NO2. The van der Waals surface area contributed by atoms with Gasteiger partial charge in [0.25, 0.3) is 0 Å². The molecule has 0 aliphatic rings. The molecule has 0 aromatic heterocycles. The standard InChI is InChI=1S/C12H25NO2/c1-12(2,3)8-7-10(11(14)15)6-4-5-9-13/h10H,4-9,13H2,1-3H3,(H,14,15). The van der Waals surface area contributed by atoms with E-state index in [1.54, 1.807) is 0 Å². The van der Waals surface area contributed by atoms with Crippen LogP contribution >= 0.6 is 0 Å². The van der Waals surface area contributed by atoms with E-state index in [1.807, 2.05) is 0 Å². The van der Waals surface area contributed by atoms with Gasteiger partial charge in [-0.05, 0) is 37.6 Å². The molecule has 0 aromatic carbocycles. The number of unbranched alkanes of at least 4 members (excludes halogenated alkanes) is 1. The number of hydrogen-bond donors (Lipinski definition) is 2. The van der Waals surface area contributed by atoms with Crippen LogP contribution in [0.2, 0.25) is 0 Å². The second kappa shape index (κ2) is 6.83. The Labute approximate surface area is 93.0 Å². The van der Waals surface area contributed by atoms with Gasteiger partial charge in [0.05, 0.1) is 5.92 Å². The molecule has 1 atom stereocenters. The van der Waals surface area contributed by atoms with Crippen LogP contribution < -0.4 is 5.73 Å². The molecule has 0 aromatic rings. The predicted molar refractivity (Wildman–Crippen MR) is 62.7 cm³/mol. The number of rotatable bonds is 7. The zero-order chi connectivity index (χ0) is 11.9. The molecule has 0 radical (unpaired) electrons. The Morgan fingerprint density at radius 2 is 1.87 bits per heavy atom. The van der Waals surface area contributed by atoms with E-state index in [0.717, 1.165) is 32.1 Å². The highest BCUT2D eigenvalue weighted by atomic mass is 16.4. The summed E-state index contributed by atoms with van der Waals surface area (Å²) in [6.07, 6.45) is 4.37. The number of aliphatic carboxylic acids is 1. The summed E-state index contributed by atoms with van der Waals surface area (Å²) in [5.41, 5.74) is 5.61. The fourth-order valence-corrected chi connectivity index (χ4v) is 1.53. The highest BCUT2D eigenvalue weighted by molar-refractivity contribution is 5.69. The van der Waals surface area contributed by atoms with Crippen LogP contribution in [0.15, 0.2) is 0 Å². The Hall–Kier alpha value is -0.570. The van der Waals surface area contributed by atoms with Crippen molar-refractivity contribution in [3.05, 3.63) is 0 Å². The molecular weight excluding hydrogens is 190 g/mol. The van der Waals surface area contributed by atoms with Crippen LogP contribution in [0.1, 0.15) is 52.9 Å². The van der Waals surface area contributed by atoms with Crippen molar-refractivity contribution >= 4 is 5.97 Å². The highest BCUT2D eigenvalue weighted by Crippen LogP contribution is 2.25. The Kier molecular flexibility index (Phi) is 6.57. The van der Waals surface area contributed by atoms with E-state index in [1.165, 1.54) is 0 Å². The molecule has 0 amide bonds. The van der Waals surface area contributed by atoms with Gasteiger partial charge >= 0.3 is 5.97 Å². The normalized spacial score (nSPS) is 13.9. The maximum absolute atomic E-state index is 11.0. The minimum Gasteiger partial charge on any atom is -0.481 e. The smallest absolute Gasteiger partial charge is 0.306 e. The molecule has 0 saturated heterocycles. The van der Waals surface area contributed by atoms with Crippen LogP contribution in [0.25, 0.3) is 0 Å². The summed E-state index contributed by atoms with van der Waals surface area (Å²) in [5.74, 6) is -0.841. The summed E-state index contributed by atoms with van der Waals surface area (Å²) in [6.45, 7) is 7.09. The highest BCUT2D eigenvalue weighted by Gasteiger charge is 2.20. The summed E-state index contributed by atoms with van der Waals surface area (Å²) in [4.78, 5) is 11.0. The molecule has 1 unspecified atom stereocenters. The van der Waals surface area contributed by atoms with Crippen LogP contribution in [0, 0.1) is 11.3 Å². The third kappa shape index (κ3) is 8.43. The van der Waals surface area contributed by atoms with E-state index in [0.29, 0.717) is 6.54 Å². The monoisotopic (exact) mass is 215 g/mol. The van der Waals surface area contributed by atoms with Gasteiger partial charge in [-0.15, -0.1) is 0 Å². The third-order valence-corrected chi connectivity index (χ3v) is 2.60. The first kappa shape index (κ1) is 14.4. The van der Waals surface area contributed by atoms with Crippen molar-refractivity contribution in [2.24, 2.45) is 17.1 Å². The van der Waals surface area contributed by atoms with Gasteiger partial charge in [0.1, 0.15) is 0 Å². The van der Waals surface area contributed by atoms with Crippen molar-refractivity contribution in [2.75, 3.05) is 6.54 Å². The van der Waals surface area contributed by atoms with Crippen LogP contribution in [-0.2, 0) is 4.79 Å². The summed E-state index contributed by atoms with van der Waals surface area (Å²) in [7, 11) is 0. The van der Waals surface area contributed by atoms with Crippen molar-refractivity contribution in [3.8, 4) is 0 Å². The van der Waals surface area contributed by atoms with Gasteiger partial charge in [-0.3, -0.25) is 4.79 Å². The summed E-state index contributed by atoms with van der Waals surface area (Å²) >= 11 is 0. The second-order valence-corrected chi connectivity index (χ2v) is 5.42. The van der Waals surface area contributed by atoms with Crippen LogP contribution in [0.5, 0.6) is 0 Å². The topological polar surface area (TPSA) is 63.3 Å². The Morgan fingerprint density at radius 3 is 2.27 bits per heavy atom. The fraction of sp³-hybridized carbons (Fsp3) is 0.917. The quantitative estimate of drug-likeness (QED) is 0.642. The lowest BCUT2D eigenvalue weighted by Gasteiger charge is -2.20. The Bertz CT molecular complexity index is 185. The van der Waals surface area contributed by atoms with Crippen molar-refractivity contribution in [1.82, 2.24) is 0 Å². The molecule has 0 heterocycles. The van der Waals surface area contributed by atoms with E-state index in [2.05, 4.69) is 20.8 Å². The zero-order valence-electron chi connectivity index (χ0n) is 10.3. The van der Waals surface area contributed by atoms with Gasteiger partial charge in [-0.25, -0.2) is 0 Å². The molecule has 0 saturated carbocycles. The van der Waals surface area contributed by atoms with E-state index in [4.69, 9.17) is 10.8 Å². The SMILES string of the molecule is CC(C)(C)CCC(CCCCN)C(=O)O. The molecule has 0 spiro atoms. The molecule has 0 rings (SSSR count). The van der Waals surface area contributed by atoms with Gasteiger partial charge in [-0.1, -0.05) is 27.2 Å². The lowest BCUT2D eigenvalue weighted by atomic mass is 9.85. The van der Waals surface area contributed by atoms with Crippen molar-refractivity contribution in [1.29, 1.82) is 0 Å². The number of nitrogens with two attached hydrogens (primary N) is 1. The minimum atomic E-state index is -0.656. The van der Waals surface area contributed by atoms with Gasteiger partial charge < -0.3 is 10.8 Å². The molecule has 3 N–H and O–H groups in total. The third-order valence-electron chi connectivity index (χ3n) is 2.60. The van der Waals surface area contributed by atoms with E-state index >= 15 is 0 Å². The molecule has 0 aliphatic carbocycles. The first-order chi connectivity index (χ1) is 6.87. The number of carboxylic acid groups (broad SMARTS) is 1. The number of carbonyl (C=O) groups is 1. The average Bonchev–Trinajstić information content (AvgIpc) is 2.08. The van der Waals surface area contributed by atoms with Gasteiger partial charge in [0.15, 0.2) is 0 Å². The van der Waals surface area contributed by atoms with E-state index in [9.17, 15) is 4.79 Å². The second-order valence-electron chi connectivity index (χ2n) is 5.42. The lowest BCUT2D eigenvalue weighted by Crippen LogP contribution is -2.17. The Balaban J connectivity index is 3.89. The summed E-state index contributed by atoms with van der Waals surface area (Å²) in [6, 6.07) is 0. The lowest BCUT2D eigenvalue weighted by molar-refractivity contribution is -0.142. The molecule has 3 nitrogen and oxygen atoms in total. The van der Waals surface area contributed by atoms with Gasteiger partial charge in [0.2, 0.25) is 0 Å². The zero-order valence-corrected chi connectivity index (χ0v) is 10.3. The van der Waals surface area contributed by atoms with Crippen LogP contribution in [0.4, 0.5) is 0 Å². The maximum Gasteiger partial charge on any atom is 0.306 e. The number of hydrogen-bond acceptors (Lipinski definition) is 2. The van der Waals surface area contributed by atoms with Crippen molar-refractivity contribution < 1.29 is 9.90 Å². The van der Waals surface area contributed by atoms with Crippen LogP contribution in [0.3, 0.4) is 0 Å². The van der Waals surface area contributed by atoms with E-state index < -0.39 is 5.97 Å². The fourth-order valence-electron chi connectivity index (χ4n) is 1.53. The van der Waals surface area contributed by atoms with Crippen LogP contribution in [-0.4, -0.2) is 17.6 Å².